The standard InChI is InChI=1S/C18H19F3N2O5S/c1-27-10-9-22-29(25,26)16-7-5-15(6-8-16)28-12-17(24)23-14-4-2-3-13(11-14)18(19,20)21/h2-8,11,22H,9-10,12H2,1H3,(H,23,24). The van der Waals surface area contributed by atoms with Crippen molar-refractivity contribution in [2.75, 3.05) is 32.2 Å². The van der Waals surface area contributed by atoms with Crippen molar-refractivity contribution < 1.29 is 35.9 Å². The summed E-state index contributed by atoms with van der Waals surface area (Å²) in [5.74, 6) is -0.442. The van der Waals surface area contributed by atoms with E-state index >= 15 is 0 Å². The Bertz CT molecular complexity index is 931. The predicted octanol–water partition coefficient (Wildman–Crippen LogP) is 2.65. The highest BCUT2D eigenvalue weighted by molar-refractivity contribution is 7.89. The summed E-state index contributed by atoms with van der Waals surface area (Å²) in [5, 5.41) is 2.31. The lowest BCUT2D eigenvalue weighted by Gasteiger charge is -2.11. The van der Waals surface area contributed by atoms with Crippen LogP contribution in [0.5, 0.6) is 5.75 Å². The van der Waals surface area contributed by atoms with Gasteiger partial charge >= 0.3 is 6.18 Å². The van der Waals surface area contributed by atoms with E-state index in [1.165, 1.54) is 43.5 Å². The Kier molecular flexibility index (Phi) is 7.59. The zero-order valence-electron chi connectivity index (χ0n) is 15.3. The van der Waals surface area contributed by atoms with Gasteiger partial charge in [0.15, 0.2) is 6.61 Å². The lowest BCUT2D eigenvalue weighted by atomic mass is 10.2. The lowest BCUT2D eigenvalue weighted by molar-refractivity contribution is -0.137. The van der Waals surface area contributed by atoms with Crippen LogP contribution in [0, 0.1) is 0 Å². The third-order valence-electron chi connectivity index (χ3n) is 3.58. The van der Waals surface area contributed by atoms with Gasteiger partial charge in [0.25, 0.3) is 5.91 Å². The number of alkyl halides is 3. The number of rotatable bonds is 9. The first kappa shape index (κ1) is 22.7. The highest BCUT2D eigenvalue weighted by Gasteiger charge is 2.30. The fourth-order valence-electron chi connectivity index (χ4n) is 2.20. The van der Waals surface area contributed by atoms with Gasteiger partial charge in [0.1, 0.15) is 5.75 Å². The summed E-state index contributed by atoms with van der Waals surface area (Å²) in [5.41, 5.74) is -0.899. The minimum absolute atomic E-state index is 0.00868. The van der Waals surface area contributed by atoms with Crippen LogP contribution >= 0.6 is 0 Å². The minimum atomic E-state index is -4.52. The molecule has 0 aliphatic rings. The molecular weight excluding hydrogens is 413 g/mol. The number of hydrogen-bond donors (Lipinski definition) is 2. The number of sulfonamides is 1. The Morgan fingerprint density at radius 3 is 2.41 bits per heavy atom. The molecule has 0 atom stereocenters. The molecule has 0 aromatic heterocycles. The number of ether oxygens (including phenoxy) is 2. The van der Waals surface area contributed by atoms with E-state index in [2.05, 4.69) is 10.0 Å². The quantitative estimate of drug-likeness (QED) is 0.595. The van der Waals surface area contributed by atoms with E-state index in [1.54, 1.807) is 0 Å². The van der Waals surface area contributed by atoms with E-state index in [9.17, 15) is 26.4 Å². The van der Waals surface area contributed by atoms with E-state index in [0.717, 1.165) is 12.1 Å². The molecule has 0 aliphatic heterocycles. The van der Waals surface area contributed by atoms with E-state index in [0.29, 0.717) is 0 Å². The predicted molar refractivity (Wildman–Crippen MR) is 99.1 cm³/mol. The Morgan fingerprint density at radius 1 is 1.10 bits per heavy atom. The van der Waals surface area contributed by atoms with Gasteiger partial charge in [0.05, 0.1) is 17.1 Å². The molecule has 0 aliphatic carbocycles. The summed E-state index contributed by atoms with van der Waals surface area (Å²) in [6.45, 7) is -0.122. The third kappa shape index (κ3) is 7.04. The van der Waals surface area contributed by atoms with E-state index in [1.807, 2.05) is 0 Å². The zero-order chi connectivity index (χ0) is 21.5. The molecule has 2 aromatic rings. The van der Waals surface area contributed by atoms with Gasteiger partial charge in [0, 0.05) is 19.3 Å². The molecule has 2 aromatic carbocycles. The van der Waals surface area contributed by atoms with E-state index in [4.69, 9.17) is 9.47 Å². The molecule has 0 heterocycles. The molecule has 0 unspecified atom stereocenters. The molecule has 0 radical (unpaired) electrons. The topological polar surface area (TPSA) is 93.7 Å². The molecule has 0 bridgehead atoms. The van der Waals surface area contributed by atoms with Crippen molar-refractivity contribution >= 4 is 21.6 Å². The molecule has 0 saturated carbocycles. The second-order valence-corrected chi connectivity index (χ2v) is 7.54. The number of carbonyl (C=O) groups excluding carboxylic acids is 1. The number of anilines is 1. The maximum atomic E-state index is 12.7. The monoisotopic (exact) mass is 432 g/mol. The second-order valence-electron chi connectivity index (χ2n) is 5.78. The Hall–Kier alpha value is -2.63. The smallest absolute Gasteiger partial charge is 0.416 e. The average molecular weight is 432 g/mol. The Morgan fingerprint density at radius 2 is 1.79 bits per heavy atom. The van der Waals surface area contributed by atoms with Crippen molar-refractivity contribution in [1.82, 2.24) is 4.72 Å². The number of carbonyl (C=O) groups is 1. The van der Waals surface area contributed by atoms with Crippen molar-refractivity contribution in [1.29, 1.82) is 0 Å². The summed E-state index contributed by atoms with van der Waals surface area (Å²) in [4.78, 5) is 11.9. The van der Waals surface area contributed by atoms with Crippen LogP contribution in [-0.2, 0) is 25.7 Å². The fourth-order valence-corrected chi connectivity index (χ4v) is 3.21. The van der Waals surface area contributed by atoms with Crippen LogP contribution in [0.1, 0.15) is 5.56 Å². The van der Waals surface area contributed by atoms with E-state index in [-0.39, 0.29) is 29.5 Å². The van der Waals surface area contributed by atoms with Gasteiger partial charge in [-0.3, -0.25) is 4.79 Å². The Labute approximate surface area is 165 Å². The summed E-state index contributed by atoms with van der Waals surface area (Å²) < 4.78 is 74.5. The number of halogens is 3. The minimum Gasteiger partial charge on any atom is -0.484 e. The van der Waals surface area contributed by atoms with Crippen molar-refractivity contribution in [3.8, 4) is 5.75 Å². The highest BCUT2D eigenvalue weighted by atomic mass is 32.2. The summed E-state index contributed by atoms with van der Waals surface area (Å²) in [6.07, 6.45) is -4.52. The average Bonchev–Trinajstić information content (AvgIpc) is 2.66. The van der Waals surface area contributed by atoms with Crippen LogP contribution in [0.3, 0.4) is 0 Å². The second kappa shape index (κ2) is 9.72. The van der Waals surface area contributed by atoms with Crippen LogP contribution in [0.25, 0.3) is 0 Å². The Balaban J connectivity index is 1.91. The van der Waals surface area contributed by atoms with Crippen LogP contribution in [-0.4, -0.2) is 41.2 Å². The molecule has 0 saturated heterocycles. The molecule has 2 rings (SSSR count). The molecule has 11 heteroatoms. The molecule has 2 N–H and O–H groups in total. The molecule has 29 heavy (non-hydrogen) atoms. The number of methoxy groups -OCH3 is 1. The number of nitrogens with one attached hydrogen (secondary N) is 2. The number of amides is 1. The SMILES string of the molecule is COCCNS(=O)(=O)c1ccc(OCC(=O)Nc2cccc(C(F)(F)F)c2)cc1. The molecule has 0 fully saturated rings. The first-order chi connectivity index (χ1) is 13.6. The molecule has 7 nitrogen and oxygen atoms in total. The van der Waals surface area contributed by atoms with Gasteiger partial charge in [-0.2, -0.15) is 13.2 Å². The normalized spacial score (nSPS) is 11.9. The zero-order valence-corrected chi connectivity index (χ0v) is 16.1. The largest absolute Gasteiger partial charge is 0.484 e. The van der Waals surface area contributed by atoms with Gasteiger partial charge < -0.3 is 14.8 Å². The molecule has 0 spiro atoms. The van der Waals surface area contributed by atoms with Gasteiger partial charge in [-0.15, -0.1) is 0 Å². The summed E-state index contributed by atoms with van der Waals surface area (Å²) in [7, 11) is -2.25. The van der Waals surface area contributed by atoms with Crippen LogP contribution < -0.4 is 14.8 Å². The first-order valence-electron chi connectivity index (χ1n) is 8.30. The van der Waals surface area contributed by atoms with Crippen molar-refractivity contribution in [3.05, 3.63) is 54.1 Å². The lowest BCUT2D eigenvalue weighted by Crippen LogP contribution is -2.27. The highest BCUT2D eigenvalue weighted by Crippen LogP contribution is 2.30. The maximum absolute atomic E-state index is 12.7. The summed E-state index contributed by atoms with van der Waals surface area (Å²) >= 11 is 0. The van der Waals surface area contributed by atoms with Gasteiger partial charge in [-0.05, 0) is 42.5 Å². The van der Waals surface area contributed by atoms with Crippen LogP contribution in [0.2, 0.25) is 0 Å². The van der Waals surface area contributed by atoms with Gasteiger partial charge in [-0.25, -0.2) is 13.1 Å². The number of hydrogen-bond acceptors (Lipinski definition) is 5. The van der Waals surface area contributed by atoms with E-state index < -0.39 is 34.3 Å². The first-order valence-corrected chi connectivity index (χ1v) is 9.79. The maximum Gasteiger partial charge on any atom is 0.416 e. The molecule has 158 valence electrons. The fraction of sp³-hybridized carbons (Fsp3) is 0.278. The van der Waals surface area contributed by atoms with Crippen molar-refractivity contribution in [2.24, 2.45) is 0 Å². The van der Waals surface area contributed by atoms with Gasteiger partial charge in [-0.1, -0.05) is 6.07 Å². The summed E-state index contributed by atoms with van der Waals surface area (Å²) in [6, 6.07) is 9.54. The van der Waals surface area contributed by atoms with Crippen LogP contribution in [0.15, 0.2) is 53.4 Å². The van der Waals surface area contributed by atoms with Crippen molar-refractivity contribution in [3.63, 3.8) is 0 Å². The van der Waals surface area contributed by atoms with Crippen molar-refractivity contribution in [2.45, 2.75) is 11.1 Å². The number of benzene rings is 2. The van der Waals surface area contributed by atoms with Gasteiger partial charge in [0.2, 0.25) is 10.0 Å². The molecular formula is C18H19F3N2O5S. The third-order valence-corrected chi connectivity index (χ3v) is 5.05. The van der Waals surface area contributed by atoms with Crippen LogP contribution in [0.4, 0.5) is 18.9 Å². The molecule has 1 amide bonds.